The number of hydrogen-bond acceptors (Lipinski definition) is 5. The number of fused-ring (bicyclic) bond motifs is 1. The van der Waals surface area contributed by atoms with E-state index < -0.39 is 0 Å². The van der Waals surface area contributed by atoms with Crippen molar-refractivity contribution in [3.05, 3.63) is 35.4 Å². The standard InChI is InChI=1S/C16H14ClNO4/c1-19-13-6-9(7-14(20-2)15(13)21-3)16-18-11-8-10(17)4-5-12(11)22-16/h4-8H,1-3H3. The fourth-order valence-corrected chi connectivity index (χ4v) is 2.39. The van der Waals surface area contributed by atoms with Crippen LogP contribution in [0.3, 0.4) is 0 Å². The van der Waals surface area contributed by atoms with Crippen molar-refractivity contribution in [2.24, 2.45) is 0 Å². The van der Waals surface area contributed by atoms with E-state index in [9.17, 15) is 0 Å². The molecule has 0 saturated carbocycles. The molecule has 5 nitrogen and oxygen atoms in total. The first-order chi connectivity index (χ1) is 10.7. The molecule has 0 aliphatic heterocycles. The van der Waals surface area contributed by atoms with Crippen LogP contribution in [0.1, 0.15) is 0 Å². The van der Waals surface area contributed by atoms with Crippen molar-refractivity contribution in [1.82, 2.24) is 4.98 Å². The van der Waals surface area contributed by atoms with Gasteiger partial charge in [0.2, 0.25) is 11.6 Å². The first kappa shape index (κ1) is 14.5. The van der Waals surface area contributed by atoms with Crippen LogP contribution in [0.25, 0.3) is 22.6 Å². The van der Waals surface area contributed by atoms with Gasteiger partial charge in [-0.2, -0.15) is 0 Å². The van der Waals surface area contributed by atoms with Crippen LogP contribution in [-0.4, -0.2) is 26.3 Å². The van der Waals surface area contributed by atoms with Gasteiger partial charge in [0.25, 0.3) is 0 Å². The van der Waals surface area contributed by atoms with Gasteiger partial charge in [-0.3, -0.25) is 0 Å². The van der Waals surface area contributed by atoms with E-state index in [1.807, 2.05) is 0 Å². The highest BCUT2D eigenvalue weighted by Gasteiger charge is 2.17. The number of benzene rings is 2. The number of rotatable bonds is 4. The van der Waals surface area contributed by atoms with Crippen LogP contribution in [0.2, 0.25) is 5.02 Å². The third-order valence-electron chi connectivity index (χ3n) is 3.26. The van der Waals surface area contributed by atoms with Crippen LogP contribution in [0, 0.1) is 0 Å². The normalized spacial score (nSPS) is 10.7. The summed E-state index contributed by atoms with van der Waals surface area (Å²) >= 11 is 5.97. The summed E-state index contributed by atoms with van der Waals surface area (Å²) in [5.41, 5.74) is 2.08. The summed E-state index contributed by atoms with van der Waals surface area (Å²) in [6.45, 7) is 0. The topological polar surface area (TPSA) is 53.7 Å². The number of nitrogens with zero attached hydrogens (tertiary/aromatic N) is 1. The molecule has 2 aromatic carbocycles. The van der Waals surface area contributed by atoms with E-state index in [-0.39, 0.29) is 0 Å². The summed E-state index contributed by atoms with van der Waals surface area (Å²) in [5.74, 6) is 2.05. The first-order valence-corrected chi connectivity index (χ1v) is 6.90. The molecule has 0 spiro atoms. The molecule has 0 saturated heterocycles. The molecule has 114 valence electrons. The van der Waals surface area contributed by atoms with Gasteiger partial charge in [-0.05, 0) is 30.3 Å². The Bertz CT molecular complexity index is 803. The molecule has 3 rings (SSSR count). The van der Waals surface area contributed by atoms with E-state index in [2.05, 4.69) is 4.98 Å². The molecule has 0 N–H and O–H groups in total. The van der Waals surface area contributed by atoms with E-state index in [0.29, 0.717) is 39.3 Å². The van der Waals surface area contributed by atoms with Crippen molar-refractivity contribution in [3.8, 4) is 28.7 Å². The minimum Gasteiger partial charge on any atom is -0.493 e. The van der Waals surface area contributed by atoms with Gasteiger partial charge in [0.1, 0.15) is 5.52 Å². The van der Waals surface area contributed by atoms with Crippen molar-refractivity contribution in [3.63, 3.8) is 0 Å². The van der Waals surface area contributed by atoms with E-state index >= 15 is 0 Å². The van der Waals surface area contributed by atoms with Crippen LogP contribution >= 0.6 is 11.6 Å². The molecule has 0 atom stereocenters. The largest absolute Gasteiger partial charge is 0.493 e. The molecule has 6 heteroatoms. The molecule has 1 aromatic heterocycles. The molecule has 1 heterocycles. The number of ether oxygens (including phenoxy) is 3. The minimum absolute atomic E-state index is 0.455. The minimum atomic E-state index is 0.455. The molecule has 0 unspecified atom stereocenters. The molecule has 0 amide bonds. The number of methoxy groups -OCH3 is 3. The predicted octanol–water partition coefficient (Wildman–Crippen LogP) is 4.17. The summed E-state index contributed by atoms with van der Waals surface area (Å²) in [6.07, 6.45) is 0. The quantitative estimate of drug-likeness (QED) is 0.722. The second-order valence-corrected chi connectivity index (χ2v) is 4.98. The van der Waals surface area contributed by atoms with E-state index in [4.69, 9.17) is 30.2 Å². The lowest BCUT2D eigenvalue weighted by molar-refractivity contribution is 0.324. The second kappa shape index (κ2) is 5.77. The molecular weight excluding hydrogens is 306 g/mol. The highest BCUT2D eigenvalue weighted by Crippen LogP contribution is 2.41. The molecular formula is C16H14ClNO4. The van der Waals surface area contributed by atoms with Crippen LogP contribution in [0.15, 0.2) is 34.7 Å². The molecule has 3 aromatic rings. The maximum atomic E-state index is 5.97. The van der Waals surface area contributed by atoms with Gasteiger partial charge in [-0.1, -0.05) is 11.6 Å². The first-order valence-electron chi connectivity index (χ1n) is 6.52. The Morgan fingerprint density at radius 2 is 1.64 bits per heavy atom. The monoisotopic (exact) mass is 319 g/mol. The Kier molecular flexibility index (Phi) is 3.81. The average Bonchev–Trinajstić information content (AvgIpc) is 2.96. The second-order valence-electron chi connectivity index (χ2n) is 4.55. The molecule has 0 radical (unpaired) electrons. The summed E-state index contributed by atoms with van der Waals surface area (Å²) in [6, 6.07) is 8.86. The third kappa shape index (κ3) is 2.44. The van der Waals surface area contributed by atoms with Gasteiger partial charge in [-0.25, -0.2) is 4.98 Å². The highest BCUT2D eigenvalue weighted by molar-refractivity contribution is 6.31. The van der Waals surface area contributed by atoms with Crippen LogP contribution < -0.4 is 14.2 Å². The maximum Gasteiger partial charge on any atom is 0.227 e. The van der Waals surface area contributed by atoms with Gasteiger partial charge < -0.3 is 18.6 Å². The zero-order valence-electron chi connectivity index (χ0n) is 12.3. The molecule has 0 aliphatic rings. The van der Waals surface area contributed by atoms with Crippen molar-refractivity contribution < 1.29 is 18.6 Å². The lowest BCUT2D eigenvalue weighted by atomic mass is 10.2. The Morgan fingerprint density at radius 1 is 0.955 bits per heavy atom. The number of aromatic nitrogens is 1. The number of halogens is 1. The predicted molar refractivity (Wildman–Crippen MR) is 84.1 cm³/mol. The Hall–Kier alpha value is -2.40. The van der Waals surface area contributed by atoms with Crippen LogP contribution in [-0.2, 0) is 0 Å². The fourth-order valence-electron chi connectivity index (χ4n) is 2.23. The van der Waals surface area contributed by atoms with Crippen molar-refractivity contribution in [2.45, 2.75) is 0 Å². The van der Waals surface area contributed by atoms with E-state index in [0.717, 1.165) is 5.56 Å². The maximum absolute atomic E-state index is 5.97. The summed E-state index contributed by atoms with van der Waals surface area (Å²) < 4.78 is 21.7. The van der Waals surface area contributed by atoms with Gasteiger partial charge in [0, 0.05) is 10.6 Å². The summed E-state index contributed by atoms with van der Waals surface area (Å²) in [5, 5.41) is 0.609. The zero-order chi connectivity index (χ0) is 15.7. The molecule has 0 fully saturated rings. The van der Waals surface area contributed by atoms with Crippen LogP contribution in [0.4, 0.5) is 0 Å². The van der Waals surface area contributed by atoms with Gasteiger partial charge >= 0.3 is 0 Å². The van der Waals surface area contributed by atoms with Crippen molar-refractivity contribution in [2.75, 3.05) is 21.3 Å². The van der Waals surface area contributed by atoms with Gasteiger partial charge in [0.15, 0.2) is 17.1 Å². The molecule has 22 heavy (non-hydrogen) atoms. The van der Waals surface area contributed by atoms with Gasteiger partial charge in [0.05, 0.1) is 21.3 Å². The van der Waals surface area contributed by atoms with Gasteiger partial charge in [-0.15, -0.1) is 0 Å². The lowest BCUT2D eigenvalue weighted by Crippen LogP contribution is -1.95. The smallest absolute Gasteiger partial charge is 0.227 e. The van der Waals surface area contributed by atoms with E-state index in [1.54, 1.807) is 51.7 Å². The lowest BCUT2D eigenvalue weighted by Gasteiger charge is -2.12. The van der Waals surface area contributed by atoms with Crippen LogP contribution in [0.5, 0.6) is 17.2 Å². The van der Waals surface area contributed by atoms with E-state index in [1.165, 1.54) is 0 Å². The Balaban J connectivity index is 2.17. The summed E-state index contributed by atoms with van der Waals surface area (Å²) in [7, 11) is 4.68. The average molecular weight is 320 g/mol. The summed E-state index contributed by atoms with van der Waals surface area (Å²) in [4.78, 5) is 4.45. The zero-order valence-corrected chi connectivity index (χ0v) is 13.1. The highest BCUT2D eigenvalue weighted by atomic mass is 35.5. The number of hydrogen-bond donors (Lipinski definition) is 0. The Labute approximate surface area is 132 Å². The molecule has 0 bridgehead atoms. The SMILES string of the molecule is COc1cc(-c2nc3cc(Cl)ccc3o2)cc(OC)c1OC. The third-order valence-corrected chi connectivity index (χ3v) is 3.50. The Morgan fingerprint density at radius 3 is 2.23 bits per heavy atom. The van der Waals surface area contributed by atoms with Crippen molar-refractivity contribution >= 4 is 22.7 Å². The fraction of sp³-hybridized carbons (Fsp3) is 0.188. The number of oxazole rings is 1. The van der Waals surface area contributed by atoms with Crippen molar-refractivity contribution in [1.29, 1.82) is 0 Å². The molecule has 0 aliphatic carbocycles.